The molecule has 0 radical (unpaired) electrons. The maximum absolute atomic E-state index is 11.4. The minimum absolute atomic E-state index is 0.202. The lowest BCUT2D eigenvalue weighted by Gasteiger charge is -2.08. The number of fused-ring (bicyclic) bond motifs is 1. The van der Waals surface area contributed by atoms with Crippen LogP contribution in [0.4, 0.5) is 0 Å². The third-order valence-electron chi connectivity index (χ3n) is 3.17. The number of aryl methyl sites for hydroxylation is 1. The van der Waals surface area contributed by atoms with E-state index in [9.17, 15) is 4.79 Å². The number of hydrogen-bond acceptors (Lipinski definition) is 3. The average Bonchev–Trinajstić information content (AvgIpc) is 2.72. The Balaban J connectivity index is 2.22. The van der Waals surface area contributed by atoms with Gasteiger partial charge in [-0.25, -0.2) is 0 Å². The van der Waals surface area contributed by atoms with Crippen LogP contribution in [-0.2, 0) is 22.5 Å². The summed E-state index contributed by atoms with van der Waals surface area (Å²) in [7, 11) is 0. The van der Waals surface area contributed by atoms with Gasteiger partial charge in [0.15, 0.2) is 0 Å². The fraction of sp³-hybridized carbons (Fsp3) is 0.667. The van der Waals surface area contributed by atoms with Crippen LogP contribution in [-0.4, -0.2) is 22.4 Å². The normalized spacial score (nSPS) is 18.6. The van der Waals surface area contributed by atoms with Crippen LogP contribution in [0.3, 0.4) is 0 Å². The van der Waals surface area contributed by atoms with Gasteiger partial charge >= 0.3 is 5.97 Å². The lowest BCUT2D eigenvalue weighted by molar-refractivity contribution is -0.144. The molecule has 1 aromatic rings. The van der Waals surface area contributed by atoms with Crippen molar-refractivity contribution in [3.05, 3.63) is 17.0 Å². The quantitative estimate of drug-likeness (QED) is 0.732. The number of carbonyl (C=O) groups is 1. The maximum Gasteiger partial charge on any atom is 0.327 e. The van der Waals surface area contributed by atoms with E-state index in [2.05, 4.69) is 12.0 Å². The third-order valence-corrected chi connectivity index (χ3v) is 3.17. The molecule has 0 saturated heterocycles. The van der Waals surface area contributed by atoms with Crippen molar-refractivity contribution in [3.8, 4) is 0 Å². The third kappa shape index (κ3) is 1.84. The first-order chi connectivity index (χ1) is 7.63. The first-order valence-corrected chi connectivity index (χ1v) is 5.85. The zero-order chi connectivity index (χ0) is 11.7. The van der Waals surface area contributed by atoms with Crippen molar-refractivity contribution in [2.45, 2.75) is 46.1 Å². The summed E-state index contributed by atoms with van der Waals surface area (Å²) in [6.45, 7) is 6.69. The van der Waals surface area contributed by atoms with Crippen molar-refractivity contribution in [2.75, 3.05) is 6.61 Å². The fourth-order valence-corrected chi connectivity index (χ4v) is 2.44. The van der Waals surface area contributed by atoms with E-state index in [-0.39, 0.29) is 12.5 Å². The molecule has 4 nitrogen and oxygen atoms in total. The zero-order valence-corrected chi connectivity index (χ0v) is 10.1. The molecule has 0 bridgehead atoms. The van der Waals surface area contributed by atoms with Crippen LogP contribution in [0.25, 0.3) is 0 Å². The lowest BCUT2D eigenvalue weighted by Crippen LogP contribution is -2.17. The van der Waals surface area contributed by atoms with Gasteiger partial charge in [-0.15, -0.1) is 0 Å². The molecule has 0 aromatic carbocycles. The number of esters is 1. The molecule has 1 aliphatic rings. The van der Waals surface area contributed by atoms with Gasteiger partial charge in [0.25, 0.3) is 0 Å². The Labute approximate surface area is 95.6 Å². The highest BCUT2D eigenvalue weighted by Crippen LogP contribution is 2.34. The van der Waals surface area contributed by atoms with Crippen molar-refractivity contribution in [2.24, 2.45) is 0 Å². The second kappa shape index (κ2) is 4.28. The van der Waals surface area contributed by atoms with Gasteiger partial charge in [-0.1, -0.05) is 6.92 Å². The highest BCUT2D eigenvalue weighted by molar-refractivity contribution is 5.69. The predicted molar refractivity (Wildman–Crippen MR) is 60.3 cm³/mol. The minimum Gasteiger partial charge on any atom is -0.465 e. The predicted octanol–water partition coefficient (Wildman–Crippen LogP) is 1.80. The van der Waals surface area contributed by atoms with Crippen LogP contribution < -0.4 is 0 Å². The van der Waals surface area contributed by atoms with Crippen LogP contribution in [0.15, 0.2) is 0 Å². The van der Waals surface area contributed by atoms with Crippen molar-refractivity contribution in [1.82, 2.24) is 9.78 Å². The summed E-state index contributed by atoms with van der Waals surface area (Å²) in [4.78, 5) is 11.4. The Kier molecular flexibility index (Phi) is 2.99. The number of rotatable bonds is 3. The molecule has 4 heteroatoms. The number of nitrogens with zero attached hydrogens (tertiary/aromatic N) is 2. The summed E-state index contributed by atoms with van der Waals surface area (Å²) >= 11 is 0. The van der Waals surface area contributed by atoms with Gasteiger partial charge in [-0.05, 0) is 38.2 Å². The van der Waals surface area contributed by atoms with E-state index in [0.717, 1.165) is 18.5 Å². The number of ether oxygens (including phenoxy) is 1. The lowest BCUT2D eigenvalue weighted by atomic mass is 10.1. The second-order valence-electron chi connectivity index (χ2n) is 4.35. The number of carbonyl (C=O) groups excluding carboxylic acids is 1. The van der Waals surface area contributed by atoms with Gasteiger partial charge in [-0.3, -0.25) is 9.48 Å². The molecular weight excluding hydrogens is 204 g/mol. The fourth-order valence-electron chi connectivity index (χ4n) is 2.44. The summed E-state index contributed by atoms with van der Waals surface area (Å²) in [6, 6.07) is 0. The van der Waals surface area contributed by atoms with Gasteiger partial charge in [0.05, 0.1) is 12.3 Å². The van der Waals surface area contributed by atoms with Crippen molar-refractivity contribution in [3.63, 3.8) is 0 Å². The van der Waals surface area contributed by atoms with E-state index in [1.54, 1.807) is 0 Å². The molecule has 88 valence electrons. The van der Waals surface area contributed by atoms with Crippen LogP contribution in [0.1, 0.15) is 43.1 Å². The van der Waals surface area contributed by atoms with Crippen molar-refractivity contribution < 1.29 is 9.53 Å². The highest BCUT2D eigenvalue weighted by Gasteiger charge is 2.27. The molecule has 1 unspecified atom stereocenters. The van der Waals surface area contributed by atoms with E-state index < -0.39 is 0 Å². The molecule has 0 aliphatic heterocycles. The van der Waals surface area contributed by atoms with E-state index in [1.165, 1.54) is 11.3 Å². The van der Waals surface area contributed by atoms with Gasteiger partial charge in [-0.2, -0.15) is 5.10 Å². The van der Waals surface area contributed by atoms with Gasteiger partial charge in [0.1, 0.15) is 6.54 Å². The Morgan fingerprint density at radius 2 is 2.38 bits per heavy atom. The van der Waals surface area contributed by atoms with E-state index in [4.69, 9.17) is 4.74 Å². The summed E-state index contributed by atoms with van der Waals surface area (Å²) in [6.07, 6.45) is 2.25. The molecule has 1 aromatic heterocycles. The highest BCUT2D eigenvalue weighted by atomic mass is 16.5. The SMILES string of the molecule is CCOC(=O)Cn1nc(C)c2c1C(C)CC2. The van der Waals surface area contributed by atoms with Crippen molar-refractivity contribution in [1.29, 1.82) is 0 Å². The molecule has 0 amide bonds. The van der Waals surface area contributed by atoms with E-state index >= 15 is 0 Å². The van der Waals surface area contributed by atoms with Crippen molar-refractivity contribution >= 4 is 5.97 Å². The zero-order valence-electron chi connectivity index (χ0n) is 10.1. The molecule has 1 atom stereocenters. The standard InChI is InChI=1S/C12H18N2O2/c1-4-16-11(15)7-14-12-8(2)5-6-10(12)9(3)13-14/h8H,4-7H2,1-3H3. The molecule has 1 heterocycles. The van der Waals surface area contributed by atoms with Crippen LogP contribution in [0.5, 0.6) is 0 Å². The summed E-state index contributed by atoms with van der Waals surface area (Å²) in [5.74, 6) is 0.303. The second-order valence-corrected chi connectivity index (χ2v) is 4.35. The monoisotopic (exact) mass is 222 g/mol. The Bertz CT molecular complexity index is 409. The Hall–Kier alpha value is -1.32. The largest absolute Gasteiger partial charge is 0.465 e. The number of aromatic nitrogens is 2. The first kappa shape index (κ1) is 11.2. The molecule has 0 spiro atoms. The Morgan fingerprint density at radius 1 is 1.62 bits per heavy atom. The molecule has 0 saturated carbocycles. The molecule has 2 rings (SSSR count). The molecule has 16 heavy (non-hydrogen) atoms. The minimum atomic E-state index is -0.202. The molecule has 0 fully saturated rings. The average molecular weight is 222 g/mol. The van der Waals surface area contributed by atoms with Gasteiger partial charge in [0.2, 0.25) is 0 Å². The summed E-state index contributed by atoms with van der Waals surface area (Å²) in [5, 5.41) is 4.42. The van der Waals surface area contributed by atoms with Gasteiger partial charge < -0.3 is 4.74 Å². The molecule has 1 aliphatic carbocycles. The van der Waals surface area contributed by atoms with Crippen LogP contribution in [0.2, 0.25) is 0 Å². The smallest absolute Gasteiger partial charge is 0.327 e. The number of hydrogen-bond donors (Lipinski definition) is 0. The van der Waals surface area contributed by atoms with E-state index in [1.807, 2.05) is 18.5 Å². The summed E-state index contributed by atoms with van der Waals surface area (Å²) < 4.78 is 6.77. The topological polar surface area (TPSA) is 44.1 Å². The van der Waals surface area contributed by atoms with Crippen LogP contribution >= 0.6 is 0 Å². The van der Waals surface area contributed by atoms with E-state index in [0.29, 0.717) is 12.5 Å². The molecule has 0 N–H and O–H groups in total. The Morgan fingerprint density at radius 3 is 3.06 bits per heavy atom. The summed E-state index contributed by atoms with van der Waals surface area (Å²) in [5.41, 5.74) is 3.62. The maximum atomic E-state index is 11.4. The first-order valence-electron chi connectivity index (χ1n) is 5.85. The van der Waals surface area contributed by atoms with Crippen LogP contribution in [0, 0.1) is 6.92 Å². The van der Waals surface area contributed by atoms with Gasteiger partial charge in [0, 0.05) is 5.69 Å². The molecular formula is C12H18N2O2.